The quantitative estimate of drug-likeness (QED) is 0.399. The average molecular weight is 468 g/mol. The van der Waals surface area contributed by atoms with Gasteiger partial charge in [-0.1, -0.05) is 25.5 Å². The molecule has 32 heavy (non-hydrogen) atoms. The van der Waals surface area contributed by atoms with Crippen LogP contribution in [-0.2, 0) is 24.0 Å². The van der Waals surface area contributed by atoms with Crippen molar-refractivity contribution in [3.05, 3.63) is 59.1 Å². The first-order valence-corrected chi connectivity index (χ1v) is 11.2. The van der Waals surface area contributed by atoms with Crippen LogP contribution >= 0.6 is 0 Å². The lowest BCUT2D eigenvalue weighted by atomic mass is 10.1. The first kappa shape index (κ1) is 22.5. The van der Waals surface area contributed by atoms with Gasteiger partial charge < -0.3 is 13.9 Å². The second kappa shape index (κ2) is 8.67. The van der Waals surface area contributed by atoms with E-state index in [1.807, 2.05) is 4.90 Å². The minimum atomic E-state index is -4.74. The lowest BCUT2D eigenvalue weighted by Crippen LogP contribution is -2.36. The third-order valence-electron chi connectivity index (χ3n) is 5.31. The summed E-state index contributed by atoms with van der Waals surface area (Å²) in [6.07, 6.45) is -2.95. The Bertz CT molecular complexity index is 1160. The molecule has 1 fully saturated rings. The van der Waals surface area contributed by atoms with E-state index in [2.05, 4.69) is 4.72 Å². The first-order valence-electron chi connectivity index (χ1n) is 10.1. The van der Waals surface area contributed by atoms with Gasteiger partial charge in [0.2, 0.25) is 0 Å². The van der Waals surface area contributed by atoms with Crippen LogP contribution in [0.25, 0.3) is 11.0 Å². The third kappa shape index (κ3) is 4.29. The number of halogens is 4. The number of amides is 1. The van der Waals surface area contributed by atoms with E-state index < -0.39 is 39.7 Å². The van der Waals surface area contributed by atoms with Crippen molar-refractivity contribution in [3.63, 3.8) is 0 Å². The van der Waals surface area contributed by atoms with E-state index in [4.69, 9.17) is 4.42 Å². The zero-order valence-corrected chi connectivity index (χ0v) is 17.9. The predicted octanol–water partition coefficient (Wildman–Crippen LogP) is 5.21. The molecule has 0 spiro atoms. The van der Waals surface area contributed by atoms with Gasteiger partial charge in [-0.25, -0.2) is 4.39 Å². The molecule has 1 aromatic heterocycles. The molecule has 1 amide bonds. The lowest BCUT2D eigenvalue weighted by molar-refractivity contribution is -0.140. The molecule has 0 saturated carbocycles. The molecule has 1 N–H and O–H groups in total. The van der Waals surface area contributed by atoms with Crippen LogP contribution in [-0.4, -0.2) is 23.5 Å². The van der Waals surface area contributed by atoms with E-state index in [9.17, 15) is 26.9 Å². The van der Waals surface area contributed by atoms with E-state index in [0.29, 0.717) is 12.1 Å². The van der Waals surface area contributed by atoms with Crippen molar-refractivity contribution in [2.75, 3.05) is 18.0 Å². The fourth-order valence-corrected chi connectivity index (χ4v) is 4.79. The molecule has 1 unspecified atom stereocenters. The number of nitrogens with zero attached hydrogens (tertiary/aromatic N) is 1. The van der Waals surface area contributed by atoms with Crippen molar-refractivity contribution in [1.82, 2.24) is 4.72 Å². The number of nitrogens with one attached hydrogen (secondary N) is 1. The van der Waals surface area contributed by atoms with Gasteiger partial charge in [0.05, 0.1) is 5.39 Å². The number of hydrogen-bond acceptors (Lipinski definition) is 4. The highest BCUT2D eigenvalue weighted by atomic mass is 32.2. The van der Waals surface area contributed by atoms with Crippen molar-refractivity contribution >= 4 is 33.9 Å². The first-order chi connectivity index (χ1) is 15.2. The van der Waals surface area contributed by atoms with Crippen LogP contribution in [0.5, 0.6) is 0 Å². The largest absolute Gasteiger partial charge is 0.588 e. The highest BCUT2D eigenvalue weighted by Gasteiger charge is 2.40. The Morgan fingerprint density at radius 1 is 1.25 bits per heavy atom. The smallest absolute Gasteiger partial charge is 0.421 e. The van der Waals surface area contributed by atoms with Crippen LogP contribution in [0.15, 0.2) is 45.7 Å². The van der Waals surface area contributed by atoms with Crippen LogP contribution in [0.3, 0.4) is 0 Å². The zero-order chi connectivity index (χ0) is 23.0. The Morgan fingerprint density at radius 2 is 2.00 bits per heavy atom. The molecular formula is C22H20F4N2O3S. The highest BCUT2D eigenvalue weighted by Crippen LogP contribution is 2.36. The summed E-state index contributed by atoms with van der Waals surface area (Å²) >= 11 is -2.50. The third-order valence-corrected chi connectivity index (χ3v) is 6.53. The molecule has 170 valence electrons. The van der Waals surface area contributed by atoms with Crippen molar-refractivity contribution < 1.29 is 31.3 Å². The normalized spacial score (nSPS) is 15.0. The van der Waals surface area contributed by atoms with Gasteiger partial charge in [0.1, 0.15) is 28.3 Å². The summed E-state index contributed by atoms with van der Waals surface area (Å²) in [6.45, 7) is 3.36. The Kier molecular flexibility index (Phi) is 6.09. The molecule has 2 heterocycles. The van der Waals surface area contributed by atoms with Gasteiger partial charge in [-0.3, -0.25) is 4.79 Å². The van der Waals surface area contributed by atoms with Crippen LogP contribution in [0.4, 0.5) is 23.2 Å². The summed E-state index contributed by atoms with van der Waals surface area (Å²) in [5, 5.41) is 0.0626. The Hall–Kier alpha value is -2.72. The minimum Gasteiger partial charge on any atom is -0.588 e. The number of aryl methyl sites for hydroxylation is 1. The molecule has 2 aromatic carbocycles. The topological polar surface area (TPSA) is 68.5 Å². The standard InChI is InChI=1S/C22H20F4N2O3S/c1-2-5-13-6-3-7-16(22(24,25)26)20(13)32(30)27-21(29)19-12-15-17(23)10-14(11-18(15)31-19)28-8-4-9-28/h3,6-7,10-12H,2,4-5,8-9H2,1H3,(H,27,29). The van der Waals surface area contributed by atoms with E-state index in [1.54, 1.807) is 13.0 Å². The molecule has 1 atom stereocenters. The second-order valence-electron chi connectivity index (χ2n) is 7.53. The molecule has 3 aromatic rings. The van der Waals surface area contributed by atoms with Gasteiger partial charge in [0, 0.05) is 36.5 Å². The maximum Gasteiger partial charge on any atom is 0.421 e. The SMILES string of the molecule is CCCc1cccc(C(F)(F)F)c1[S+]([O-])NC(=O)c1cc2c(F)cc(N3CCC3)cc2o1. The summed E-state index contributed by atoms with van der Waals surface area (Å²) in [5.41, 5.74) is -0.0904. The number of carbonyl (C=O) groups excluding carboxylic acids is 1. The fourth-order valence-electron chi connectivity index (χ4n) is 3.63. The average Bonchev–Trinajstić information content (AvgIpc) is 3.11. The van der Waals surface area contributed by atoms with Crippen molar-refractivity contribution in [1.29, 1.82) is 0 Å². The van der Waals surface area contributed by atoms with E-state index in [0.717, 1.165) is 31.6 Å². The summed E-state index contributed by atoms with van der Waals surface area (Å²) in [6, 6.07) is 7.61. The Morgan fingerprint density at radius 3 is 2.62 bits per heavy atom. The molecule has 0 bridgehead atoms. The fraction of sp³-hybridized carbons (Fsp3) is 0.318. The van der Waals surface area contributed by atoms with Crippen LogP contribution in [0.2, 0.25) is 0 Å². The molecule has 1 aliphatic heterocycles. The number of hydrogen-bond donors (Lipinski definition) is 1. The number of anilines is 1. The van der Waals surface area contributed by atoms with Gasteiger partial charge in [-0.15, -0.1) is 0 Å². The van der Waals surface area contributed by atoms with Crippen LogP contribution in [0.1, 0.15) is 41.4 Å². The maximum absolute atomic E-state index is 14.5. The van der Waals surface area contributed by atoms with E-state index >= 15 is 0 Å². The lowest BCUT2D eigenvalue weighted by Gasteiger charge is -2.33. The number of rotatable bonds is 6. The summed E-state index contributed by atoms with van der Waals surface area (Å²) in [4.78, 5) is 14.1. The number of benzene rings is 2. The summed E-state index contributed by atoms with van der Waals surface area (Å²) in [7, 11) is 0. The molecule has 5 nitrogen and oxygen atoms in total. The molecule has 4 rings (SSSR count). The van der Waals surface area contributed by atoms with Gasteiger partial charge in [-0.05, 0) is 25.0 Å². The number of furan rings is 1. The summed E-state index contributed by atoms with van der Waals surface area (Å²) < 4.78 is 75.3. The summed E-state index contributed by atoms with van der Waals surface area (Å²) in [5.74, 6) is -1.92. The monoisotopic (exact) mass is 468 g/mol. The molecule has 0 aliphatic carbocycles. The number of fused-ring (bicyclic) bond motifs is 1. The zero-order valence-electron chi connectivity index (χ0n) is 17.1. The predicted molar refractivity (Wildman–Crippen MR) is 112 cm³/mol. The Labute approximate surface area is 184 Å². The molecule has 1 aliphatic rings. The van der Waals surface area contributed by atoms with Crippen molar-refractivity contribution in [2.45, 2.75) is 37.3 Å². The minimum absolute atomic E-state index is 0.0626. The second-order valence-corrected chi connectivity index (χ2v) is 8.68. The van der Waals surface area contributed by atoms with Gasteiger partial charge >= 0.3 is 12.1 Å². The molecule has 10 heteroatoms. The van der Waals surface area contributed by atoms with E-state index in [-0.39, 0.29) is 28.7 Å². The molecule has 0 radical (unpaired) electrons. The highest BCUT2D eigenvalue weighted by molar-refractivity contribution is 7.90. The van der Waals surface area contributed by atoms with Gasteiger partial charge in [0.15, 0.2) is 10.7 Å². The van der Waals surface area contributed by atoms with Crippen LogP contribution < -0.4 is 9.62 Å². The van der Waals surface area contributed by atoms with Gasteiger partial charge in [0.25, 0.3) is 0 Å². The van der Waals surface area contributed by atoms with Gasteiger partial charge in [-0.2, -0.15) is 17.9 Å². The maximum atomic E-state index is 14.5. The van der Waals surface area contributed by atoms with Crippen LogP contribution in [0, 0.1) is 5.82 Å². The van der Waals surface area contributed by atoms with E-state index in [1.165, 1.54) is 18.2 Å². The number of alkyl halides is 3. The molecule has 1 saturated heterocycles. The Balaban J connectivity index is 1.63. The van der Waals surface area contributed by atoms with Crippen molar-refractivity contribution in [2.24, 2.45) is 0 Å². The molecular weight excluding hydrogens is 448 g/mol. The number of carbonyl (C=O) groups is 1. The van der Waals surface area contributed by atoms with Crippen molar-refractivity contribution in [3.8, 4) is 0 Å².